The van der Waals surface area contributed by atoms with E-state index in [0.717, 1.165) is 24.8 Å². The molecule has 1 aliphatic carbocycles. The van der Waals surface area contributed by atoms with Gasteiger partial charge in [-0.15, -0.1) is 0 Å². The Labute approximate surface area is 129 Å². The number of carbonyl (C=O) groups is 1. The quantitative estimate of drug-likeness (QED) is 0.941. The Hall–Kier alpha value is -2.27. The molecule has 1 N–H and O–H groups in total. The molecule has 0 spiro atoms. The minimum absolute atomic E-state index is 0.0568. The van der Waals surface area contributed by atoms with Gasteiger partial charge in [0.05, 0.1) is 23.4 Å². The van der Waals surface area contributed by atoms with Gasteiger partial charge < -0.3 is 10.1 Å². The molecular weight excluding hydrogens is 278 g/mol. The molecule has 0 unspecified atom stereocenters. The maximum absolute atomic E-state index is 12.6. The van der Waals surface area contributed by atoms with Crippen LogP contribution in [0, 0.1) is 0 Å². The van der Waals surface area contributed by atoms with E-state index in [1.54, 1.807) is 13.3 Å². The van der Waals surface area contributed by atoms with Crippen molar-refractivity contribution >= 4 is 5.91 Å². The molecular formula is C17H19N3O2. The lowest BCUT2D eigenvalue weighted by atomic mass is 10.1. The summed E-state index contributed by atoms with van der Waals surface area (Å²) >= 11 is 0. The van der Waals surface area contributed by atoms with Crippen molar-refractivity contribution < 1.29 is 9.53 Å². The third kappa shape index (κ3) is 2.99. The van der Waals surface area contributed by atoms with Crippen LogP contribution in [-0.2, 0) is 4.74 Å². The lowest BCUT2D eigenvalue weighted by Gasteiger charge is -2.20. The van der Waals surface area contributed by atoms with E-state index in [-0.39, 0.29) is 18.1 Å². The molecule has 0 aliphatic heterocycles. The van der Waals surface area contributed by atoms with Crippen molar-refractivity contribution in [1.82, 2.24) is 15.3 Å². The Bertz CT molecular complexity index is 645. The molecule has 22 heavy (non-hydrogen) atoms. The zero-order valence-electron chi connectivity index (χ0n) is 12.5. The van der Waals surface area contributed by atoms with Gasteiger partial charge in [-0.1, -0.05) is 30.3 Å². The summed E-state index contributed by atoms with van der Waals surface area (Å²) in [7, 11) is 1.69. The summed E-state index contributed by atoms with van der Waals surface area (Å²) in [5, 5.41) is 3.06. The van der Waals surface area contributed by atoms with E-state index < -0.39 is 0 Å². The number of methoxy groups -OCH3 is 1. The zero-order chi connectivity index (χ0) is 15.4. The van der Waals surface area contributed by atoms with Crippen molar-refractivity contribution in [1.29, 1.82) is 0 Å². The molecule has 1 fully saturated rings. The number of nitrogens with zero attached hydrogens (tertiary/aromatic N) is 2. The zero-order valence-corrected chi connectivity index (χ0v) is 12.5. The first-order chi connectivity index (χ1) is 10.8. The second kappa shape index (κ2) is 6.66. The number of ether oxygens (including phenoxy) is 1. The van der Waals surface area contributed by atoms with E-state index in [1.165, 1.54) is 6.33 Å². The highest BCUT2D eigenvalue weighted by Gasteiger charge is 2.29. The number of aromatic nitrogens is 2. The summed E-state index contributed by atoms with van der Waals surface area (Å²) in [6.45, 7) is 0. The normalized spacial score (nSPS) is 20.8. The predicted octanol–water partition coefficient (Wildman–Crippen LogP) is 2.44. The Balaban J connectivity index is 1.84. The molecule has 3 rings (SSSR count). The van der Waals surface area contributed by atoms with E-state index in [0.29, 0.717) is 11.3 Å². The van der Waals surface area contributed by atoms with Crippen molar-refractivity contribution in [2.24, 2.45) is 0 Å². The van der Waals surface area contributed by atoms with Crippen molar-refractivity contribution in [3.05, 3.63) is 48.4 Å². The molecule has 0 saturated heterocycles. The van der Waals surface area contributed by atoms with Gasteiger partial charge in [0.25, 0.3) is 5.91 Å². The number of benzene rings is 1. The molecule has 1 aromatic carbocycles. The maximum Gasteiger partial charge on any atom is 0.255 e. The molecule has 1 aromatic heterocycles. The molecule has 0 bridgehead atoms. The topological polar surface area (TPSA) is 64.1 Å². The Kier molecular flexibility index (Phi) is 4.44. The van der Waals surface area contributed by atoms with Crippen molar-refractivity contribution in [2.75, 3.05) is 7.11 Å². The Morgan fingerprint density at radius 1 is 1.27 bits per heavy atom. The lowest BCUT2D eigenvalue weighted by molar-refractivity contribution is 0.0722. The van der Waals surface area contributed by atoms with E-state index in [2.05, 4.69) is 15.3 Å². The van der Waals surface area contributed by atoms with Crippen LogP contribution in [0.5, 0.6) is 0 Å². The van der Waals surface area contributed by atoms with E-state index in [1.807, 2.05) is 30.3 Å². The van der Waals surface area contributed by atoms with Crippen LogP contribution in [0.4, 0.5) is 0 Å². The van der Waals surface area contributed by atoms with Gasteiger partial charge in [-0.05, 0) is 19.3 Å². The van der Waals surface area contributed by atoms with E-state index >= 15 is 0 Å². The summed E-state index contributed by atoms with van der Waals surface area (Å²) in [4.78, 5) is 20.9. The number of rotatable bonds is 4. The summed E-state index contributed by atoms with van der Waals surface area (Å²) in [6.07, 6.45) is 6.12. The smallest absolute Gasteiger partial charge is 0.255 e. The molecule has 0 radical (unpaired) electrons. The van der Waals surface area contributed by atoms with Gasteiger partial charge in [0, 0.05) is 18.9 Å². The monoisotopic (exact) mass is 297 g/mol. The second-order valence-corrected chi connectivity index (χ2v) is 5.44. The summed E-state index contributed by atoms with van der Waals surface area (Å²) in [5.41, 5.74) is 2.06. The van der Waals surface area contributed by atoms with Gasteiger partial charge in [0.2, 0.25) is 0 Å². The van der Waals surface area contributed by atoms with Crippen LogP contribution in [0.3, 0.4) is 0 Å². The molecule has 5 nitrogen and oxygen atoms in total. The molecule has 5 heteroatoms. The Morgan fingerprint density at radius 2 is 2.09 bits per heavy atom. The third-order valence-corrected chi connectivity index (χ3v) is 4.08. The molecule has 114 valence electrons. The molecule has 1 heterocycles. The molecule has 2 atom stereocenters. The minimum atomic E-state index is -0.145. The molecule has 1 amide bonds. The van der Waals surface area contributed by atoms with Crippen LogP contribution in [0.1, 0.15) is 29.6 Å². The van der Waals surface area contributed by atoms with Gasteiger partial charge in [-0.3, -0.25) is 4.79 Å². The van der Waals surface area contributed by atoms with Gasteiger partial charge in [-0.25, -0.2) is 9.97 Å². The van der Waals surface area contributed by atoms with Crippen LogP contribution < -0.4 is 5.32 Å². The maximum atomic E-state index is 12.6. The Morgan fingerprint density at radius 3 is 2.86 bits per heavy atom. The SMILES string of the molecule is CO[C@H]1CCC[C@@H]1NC(=O)c1cncnc1-c1ccccc1. The fraction of sp³-hybridized carbons (Fsp3) is 0.353. The van der Waals surface area contributed by atoms with Crippen molar-refractivity contribution in [3.63, 3.8) is 0 Å². The highest BCUT2D eigenvalue weighted by atomic mass is 16.5. The fourth-order valence-corrected chi connectivity index (χ4v) is 2.94. The van der Waals surface area contributed by atoms with Crippen LogP contribution in [0.15, 0.2) is 42.9 Å². The van der Waals surface area contributed by atoms with E-state index in [9.17, 15) is 4.79 Å². The highest BCUT2D eigenvalue weighted by Crippen LogP contribution is 2.24. The largest absolute Gasteiger partial charge is 0.379 e. The van der Waals surface area contributed by atoms with Crippen LogP contribution in [0.25, 0.3) is 11.3 Å². The summed E-state index contributed by atoms with van der Waals surface area (Å²) in [5.74, 6) is -0.145. The second-order valence-electron chi connectivity index (χ2n) is 5.44. The standard InChI is InChI=1S/C17H19N3O2/c1-22-15-9-5-8-14(15)20-17(21)13-10-18-11-19-16(13)12-6-3-2-4-7-12/h2-4,6-7,10-11,14-15H,5,8-9H2,1H3,(H,20,21)/t14-,15-/m0/s1. The fourth-order valence-electron chi connectivity index (χ4n) is 2.94. The number of carbonyl (C=O) groups excluding carboxylic acids is 1. The first-order valence-electron chi connectivity index (χ1n) is 7.48. The number of nitrogens with one attached hydrogen (secondary N) is 1. The first kappa shape index (κ1) is 14.7. The molecule has 1 aliphatic rings. The number of amides is 1. The molecule has 2 aromatic rings. The predicted molar refractivity (Wildman–Crippen MR) is 83.4 cm³/mol. The molecule has 1 saturated carbocycles. The summed E-state index contributed by atoms with van der Waals surface area (Å²) in [6, 6.07) is 9.72. The van der Waals surface area contributed by atoms with Crippen LogP contribution >= 0.6 is 0 Å². The summed E-state index contributed by atoms with van der Waals surface area (Å²) < 4.78 is 5.43. The van der Waals surface area contributed by atoms with Crippen molar-refractivity contribution in [3.8, 4) is 11.3 Å². The lowest BCUT2D eigenvalue weighted by Crippen LogP contribution is -2.41. The number of hydrogen-bond acceptors (Lipinski definition) is 4. The van der Waals surface area contributed by atoms with Gasteiger partial charge in [0.15, 0.2) is 0 Å². The third-order valence-electron chi connectivity index (χ3n) is 4.08. The minimum Gasteiger partial charge on any atom is -0.379 e. The van der Waals surface area contributed by atoms with Gasteiger partial charge in [-0.2, -0.15) is 0 Å². The van der Waals surface area contributed by atoms with Crippen LogP contribution in [0.2, 0.25) is 0 Å². The average Bonchev–Trinajstić information content (AvgIpc) is 3.03. The van der Waals surface area contributed by atoms with Crippen LogP contribution in [-0.4, -0.2) is 35.1 Å². The first-order valence-corrected chi connectivity index (χ1v) is 7.48. The van der Waals surface area contributed by atoms with E-state index in [4.69, 9.17) is 4.74 Å². The number of hydrogen-bond donors (Lipinski definition) is 1. The van der Waals surface area contributed by atoms with Gasteiger partial charge in [0.1, 0.15) is 6.33 Å². The highest BCUT2D eigenvalue weighted by molar-refractivity contribution is 5.99. The van der Waals surface area contributed by atoms with Crippen molar-refractivity contribution in [2.45, 2.75) is 31.4 Å². The van der Waals surface area contributed by atoms with Gasteiger partial charge >= 0.3 is 0 Å². The average molecular weight is 297 g/mol.